The molecule has 0 amide bonds. The highest BCUT2D eigenvalue weighted by Gasteiger charge is 2.36. The molecular weight excluding hydrogens is 374 g/mol. The summed E-state index contributed by atoms with van der Waals surface area (Å²) in [4.78, 5) is 22.0. The topological polar surface area (TPSA) is 63.1 Å². The summed E-state index contributed by atoms with van der Waals surface area (Å²) in [5.41, 5.74) is 5.10. The van der Waals surface area contributed by atoms with Crippen molar-refractivity contribution in [3.63, 3.8) is 0 Å². The van der Waals surface area contributed by atoms with Crippen LogP contribution in [0.25, 0.3) is 22.2 Å². The number of anilines is 1. The molecule has 7 heteroatoms. The lowest BCUT2D eigenvalue weighted by Crippen LogP contribution is -2.29. The number of hydrazine groups is 1. The standard InChI is InChI=1S/C21H22ClN5O/c1-26-19-15(9-17(20(26)28)16-7-2-3-8-18(16)22)10-23-21(24-19)25-27-11-13-5-4-6-14(13)12-27/h2-3,7-10,13-14H,4-6,11-12H2,1H3,(H,23,24,25). The fraction of sp³-hybridized carbons (Fsp3) is 0.381. The number of nitrogens with one attached hydrogen (secondary N) is 1. The van der Waals surface area contributed by atoms with E-state index in [0.717, 1.165) is 35.9 Å². The summed E-state index contributed by atoms with van der Waals surface area (Å²) in [7, 11) is 1.74. The minimum Gasteiger partial charge on any atom is -0.295 e. The largest absolute Gasteiger partial charge is 0.295 e. The van der Waals surface area contributed by atoms with E-state index in [1.165, 1.54) is 19.3 Å². The van der Waals surface area contributed by atoms with Gasteiger partial charge in [-0.3, -0.25) is 14.8 Å². The summed E-state index contributed by atoms with van der Waals surface area (Å²) >= 11 is 6.30. The molecule has 1 aliphatic heterocycles. The molecule has 0 spiro atoms. The van der Waals surface area contributed by atoms with Crippen LogP contribution in [0.5, 0.6) is 0 Å². The van der Waals surface area contributed by atoms with Gasteiger partial charge in [-0.15, -0.1) is 0 Å². The minimum absolute atomic E-state index is 0.124. The summed E-state index contributed by atoms with van der Waals surface area (Å²) in [5, 5.41) is 3.57. The third-order valence-corrected chi connectivity index (χ3v) is 6.43. The lowest BCUT2D eigenvalue weighted by atomic mass is 10.0. The van der Waals surface area contributed by atoms with Crippen LogP contribution in [-0.2, 0) is 7.05 Å². The van der Waals surface area contributed by atoms with E-state index in [1.807, 2.05) is 24.3 Å². The first-order valence-electron chi connectivity index (χ1n) is 9.73. The highest BCUT2D eigenvalue weighted by molar-refractivity contribution is 6.33. The second kappa shape index (κ2) is 6.87. The summed E-state index contributed by atoms with van der Waals surface area (Å²) in [6, 6.07) is 9.19. The Labute approximate surface area is 168 Å². The van der Waals surface area contributed by atoms with Crippen LogP contribution in [0.4, 0.5) is 5.95 Å². The number of pyridine rings is 1. The van der Waals surface area contributed by atoms with Crippen LogP contribution >= 0.6 is 11.6 Å². The molecular formula is C21H22ClN5O. The van der Waals surface area contributed by atoms with E-state index in [1.54, 1.807) is 23.9 Å². The van der Waals surface area contributed by atoms with Crippen molar-refractivity contribution in [1.29, 1.82) is 0 Å². The smallest absolute Gasteiger partial charge is 0.259 e. The van der Waals surface area contributed by atoms with E-state index in [-0.39, 0.29) is 5.56 Å². The van der Waals surface area contributed by atoms with Crippen molar-refractivity contribution in [2.45, 2.75) is 19.3 Å². The Balaban J connectivity index is 1.49. The van der Waals surface area contributed by atoms with Crippen LogP contribution in [0.15, 0.2) is 41.3 Å². The molecule has 2 fully saturated rings. The number of aromatic nitrogens is 3. The van der Waals surface area contributed by atoms with Crippen LogP contribution in [-0.4, -0.2) is 32.6 Å². The van der Waals surface area contributed by atoms with Crippen molar-refractivity contribution >= 4 is 28.6 Å². The molecule has 1 saturated carbocycles. The Morgan fingerprint density at radius 2 is 1.89 bits per heavy atom. The highest BCUT2D eigenvalue weighted by Crippen LogP contribution is 2.37. The molecule has 3 aromatic rings. The fourth-order valence-corrected chi connectivity index (χ4v) is 4.88. The van der Waals surface area contributed by atoms with Gasteiger partial charge in [-0.25, -0.2) is 9.99 Å². The van der Waals surface area contributed by atoms with Gasteiger partial charge in [0.25, 0.3) is 5.56 Å². The second-order valence-electron chi connectivity index (χ2n) is 7.84. The Bertz CT molecular complexity index is 1100. The van der Waals surface area contributed by atoms with Gasteiger partial charge in [-0.2, -0.15) is 4.98 Å². The van der Waals surface area contributed by atoms with Gasteiger partial charge in [0.05, 0.1) is 0 Å². The maximum Gasteiger partial charge on any atom is 0.259 e. The first kappa shape index (κ1) is 17.6. The maximum atomic E-state index is 12.9. The molecule has 2 aliphatic rings. The van der Waals surface area contributed by atoms with Gasteiger partial charge in [0.15, 0.2) is 0 Å². The van der Waals surface area contributed by atoms with Crippen molar-refractivity contribution in [1.82, 2.24) is 19.5 Å². The predicted molar refractivity (Wildman–Crippen MR) is 111 cm³/mol. The predicted octanol–water partition coefficient (Wildman–Crippen LogP) is 3.71. The highest BCUT2D eigenvalue weighted by atomic mass is 35.5. The number of benzene rings is 1. The molecule has 1 saturated heterocycles. The van der Waals surface area contributed by atoms with E-state index < -0.39 is 0 Å². The Morgan fingerprint density at radius 3 is 2.64 bits per heavy atom. The zero-order chi connectivity index (χ0) is 19.3. The van der Waals surface area contributed by atoms with E-state index in [4.69, 9.17) is 11.6 Å². The molecule has 1 aliphatic carbocycles. The van der Waals surface area contributed by atoms with Gasteiger partial charge < -0.3 is 0 Å². The zero-order valence-corrected chi connectivity index (χ0v) is 16.5. The van der Waals surface area contributed by atoms with Gasteiger partial charge in [0.1, 0.15) is 5.65 Å². The van der Waals surface area contributed by atoms with Crippen molar-refractivity contribution in [2.75, 3.05) is 18.5 Å². The third kappa shape index (κ3) is 2.97. The normalized spacial score (nSPS) is 21.9. The number of nitrogens with zero attached hydrogens (tertiary/aromatic N) is 4. The summed E-state index contributed by atoms with van der Waals surface area (Å²) < 4.78 is 1.57. The fourth-order valence-electron chi connectivity index (χ4n) is 4.64. The number of aryl methyl sites for hydroxylation is 1. The summed E-state index contributed by atoms with van der Waals surface area (Å²) in [5.74, 6) is 2.11. The summed E-state index contributed by atoms with van der Waals surface area (Å²) in [6.07, 6.45) is 5.76. The van der Waals surface area contributed by atoms with Crippen molar-refractivity contribution in [2.24, 2.45) is 18.9 Å². The quantitative estimate of drug-likeness (QED) is 0.732. The van der Waals surface area contributed by atoms with Crippen LogP contribution in [0.3, 0.4) is 0 Å². The van der Waals surface area contributed by atoms with Crippen LogP contribution in [0.1, 0.15) is 19.3 Å². The molecule has 0 bridgehead atoms. The number of hydrogen-bond acceptors (Lipinski definition) is 5. The van der Waals surface area contributed by atoms with E-state index in [2.05, 4.69) is 20.4 Å². The molecule has 6 nitrogen and oxygen atoms in total. The molecule has 1 N–H and O–H groups in total. The molecule has 2 atom stereocenters. The lowest BCUT2D eigenvalue weighted by molar-refractivity contribution is 0.369. The van der Waals surface area contributed by atoms with Crippen molar-refractivity contribution < 1.29 is 0 Å². The average Bonchev–Trinajstić information content (AvgIpc) is 3.27. The molecule has 144 valence electrons. The van der Waals surface area contributed by atoms with Crippen molar-refractivity contribution in [3.05, 3.63) is 51.9 Å². The maximum absolute atomic E-state index is 12.9. The molecule has 2 aromatic heterocycles. The number of halogens is 1. The first-order valence-corrected chi connectivity index (χ1v) is 10.1. The molecule has 2 unspecified atom stereocenters. The van der Waals surface area contributed by atoms with Gasteiger partial charge in [0, 0.05) is 47.9 Å². The van der Waals surface area contributed by atoms with Gasteiger partial charge >= 0.3 is 0 Å². The van der Waals surface area contributed by atoms with E-state index in [9.17, 15) is 4.79 Å². The monoisotopic (exact) mass is 395 g/mol. The van der Waals surface area contributed by atoms with Crippen molar-refractivity contribution in [3.8, 4) is 11.1 Å². The Hall–Kier alpha value is -2.44. The number of hydrogen-bond donors (Lipinski definition) is 1. The van der Waals surface area contributed by atoms with E-state index in [0.29, 0.717) is 22.2 Å². The van der Waals surface area contributed by atoms with E-state index >= 15 is 0 Å². The van der Waals surface area contributed by atoms with Crippen LogP contribution < -0.4 is 11.0 Å². The Kier molecular flexibility index (Phi) is 4.33. The number of rotatable bonds is 3. The number of fused-ring (bicyclic) bond motifs is 2. The van der Waals surface area contributed by atoms with Gasteiger partial charge in [-0.1, -0.05) is 36.2 Å². The minimum atomic E-state index is -0.124. The van der Waals surface area contributed by atoms with Gasteiger partial charge in [0.2, 0.25) is 5.95 Å². The molecule has 3 heterocycles. The van der Waals surface area contributed by atoms with Crippen LogP contribution in [0, 0.1) is 11.8 Å². The molecule has 1 aromatic carbocycles. The first-order chi connectivity index (χ1) is 13.6. The van der Waals surface area contributed by atoms with Gasteiger partial charge in [-0.05, 0) is 36.8 Å². The van der Waals surface area contributed by atoms with Crippen LogP contribution in [0.2, 0.25) is 5.02 Å². The summed E-state index contributed by atoms with van der Waals surface area (Å²) in [6.45, 7) is 2.08. The SMILES string of the molecule is Cn1c(=O)c(-c2ccccc2Cl)cc2cnc(NN3CC4CCCC4C3)nc21. The average molecular weight is 396 g/mol. The second-order valence-corrected chi connectivity index (χ2v) is 8.25. The lowest BCUT2D eigenvalue weighted by Gasteiger charge is -2.18. The third-order valence-electron chi connectivity index (χ3n) is 6.10. The Morgan fingerprint density at radius 1 is 1.14 bits per heavy atom. The molecule has 28 heavy (non-hydrogen) atoms. The zero-order valence-electron chi connectivity index (χ0n) is 15.7. The molecule has 0 radical (unpaired) electrons. The molecule has 5 rings (SSSR count).